The molecule has 1 N–H and O–H groups in total. The maximum absolute atomic E-state index is 13.4. The number of hydrogen-bond donors (Lipinski definition) is 1. The highest BCUT2D eigenvalue weighted by Gasteiger charge is 2.46. The van der Waals surface area contributed by atoms with Gasteiger partial charge in [0.2, 0.25) is 5.91 Å². The summed E-state index contributed by atoms with van der Waals surface area (Å²) in [6, 6.07) is 21.6. The van der Waals surface area contributed by atoms with Gasteiger partial charge in [-0.2, -0.15) is 0 Å². The van der Waals surface area contributed by atoms with Crippen LogP contribution in [-0.2, 0) is 16.1 Å². The summed E-state index contributed by atoms with van der Waals surface area (Å²) in [6.07, 6.45) is -0.176. The lowest BCUT2D eigenvalue weighted by Gasteiger charge is -2.22. The van der Waals surface area contributed by atoms with Gasteiger partial charge in [-0.05, 0) is 61.0 Å². The van der Waals surface area contributed by atoms with Crippen LogP contribution in [-0.4, -0.2) is 42.5 Å². The molecule has 0 aliphatic carbocycles. The summed E-state index contributed by atoms with van der Waals surface area (Å²) in [5.74, 6) is 0.534. The minimum Gasteiger partial charge on any atom is -0.497 e. The molecule has 0 bridgehead atoms. The second kappa shape index (κ2) is 10.7. The van der Waals surface area contributed by atoms with Crippen LogP contribution in [0, 0.1) is 0 Å². The molecule has 1 atom stereocenters. The normalized spacial score (nSPS) is 15.3. The smallest absolute Gasteiger partial charge is 0.332 e. The number of imide groups is 1. The molecule has 1 aliphatic heterocycles. The van der Waals surface area contributed by atoms with Gasteiger partial charge in [0.1, 0.15) is 17.5 Å². The number of hydrogen-bond acceptors (Lipinski definition) is 5. The Bertz CT molecular complexity index is 1200. The second-order valence-electron chi connectivity index (χ2n) is 8.00. The fraction of sp³-hybridized carbons (Fsp3) is 0.222. The van der Waals surface area contributed by atoms with Crippen LogP contribution >= 0.6 is 0 Å². The summed E-state index contributed by atoms with van der Waals surface area (Å²) in [7, 11) is 1.56. The van der Waals surface area contributed by atoms with Crippen molar-refractivity contribution < 1.29 is 23.9 Å². The first-order valence-corrected chi connectivity index (χ1v) is 11.4. The van der Waals surface area contributed by atoms with Gasteiger partial charge in [-0.1, -0.05) is 30.3 Å². The van der Waals surface area contributed by atoms with Crippen molar-refractivity contribution in [1.29, 1.82) is 0 Å². The van der Waals surface area contributed by atoms with Gasteiger partial charge in [0.25, 0.3) is 5.91 Å². The molecular formula is C27H27N3O5. The maximum atomic E-state index is 13.4. The third-order valence-corrected chi connectivity index (χ3v) is 5.65. The summed E-state index contributed by atoms with van der Waals surface area (Å²) in [4.78, 5) is 42.2. The number of carbonyl (C=O) groups excluding carboxylic acids is 3. The zero-order valence-corrected chi connectivity index (χ0v) is 19.6. The van der Waals surface area contributed by atoms with Crippen LogP contribution in [0.3, 0.4) is 0 Å². The Hall–Kier alpha value is -4.33. The fourth-order valence-electron chi connectivity index (χ4n) is 3.98. The van der Waals surface area contributed by atoms with E-state index in [0.29, 0.717) is 29.5 Å². The lowest BCUT2D eigenvalue weighted by Crippen LogP contribution is -2.37. The summed E-state index contributed by atoms with van der Waals surface area (Å²) in [5, 5.41) is 2.81. The molecule has 0 spiro atoms. The Morgan fingerprint density at radius 3 is 2.37 bits per heavy atom. The standard InChI is InChI=1S/C27H27N3O5/c1-3-35-22-14-12-20(13-15-22)28-25(31)17-24-26(32)30(21-9-5-4-6-10-21)27(33)29(24)18-19-8-7-11-23(16-19)34-2/h4-16,24H,3,17-18H2,1-2H3,(H,28,31)/t24-/m0/s1. The highest BCUT2D eigenvalue weighted by atomic mass is 16.5. The van der Waals surface area contributed by atoms with Crippen LogP contribution in [0.5, 0.6) is 11.5 Å². The van der Waals surface area contributed by atoms with Crippen LogP contribution in [0.1, 0.15) is 18.9 Å². The number of anilines is 2. The third-order valence-electron chi connectivity index (χ3n) is 5.65. The van der Waals surface area contributed by atoms with Gasteiger partial charge in [0.15, 0.2) is 0 Å². The average Bonchev–Trinajstić information content (AvgIpc) is 3.10. The molecule has 1 heterocycles. The highest BCUT2D eigenvalue weighted by molar-refractivity contribution is 6.22. The van der Waals surface area contributed by atoms with Gasteiger partial charge in [0, 0.05) is 12.2 Å². The fourth-order valence-corrected chi connectivity index (χ4v) is 3.98. The Labute approximate surface area is 204 Å². The van der Waals surface area contributed by atoms with Crippen molar-refractivity contribution in [3.63, 3.8) is 0 Å². The molecule has 8 heteroatoms. The zero-order valence-electron chi connectivity index (χ0n) is 19.6. The Morgan fingerprint density at radius 2 is 1.69 bits per heavy atom. The molecule has 0 saturated carbocycles. The maximum Gasteiger partial charge on any atom is 0.332 e. The van der Waals surface area contributed by atoms with Crippen molar-refractivity contribution in [2.45, 2.75) is 25.9 Å². The molecule has 1 saturated heterocycles. The monoisotopic (exact) mass is 473 g/mol. The predicted molar refractivity (Wildman–Crippen MR) is 133 cm³/mol. The Balaban J connectivity index is 1.56. The van der Waals surface area contributed by atoms with E-state index in [2.05, 4.69) is 5.32 Å². The predicted octanol–water partition coefficient (Wildman–Crippen LogP) is 4.46. The van der Waals surface area contributed by atoms with E-state index >= 15 is 0 Å². The van der Waals surface area contributed by atoms with Crippen molar-refractivity contribution >= 4 is 29.2 Å². The van der Waals surface area contributed by atoms with E-state index < -0.39 is 18.0 Å². The van der Waals surface area contributed by atoms with E-state index in [1.165, 1.54) is 4.90 Å². The number of urea groups is 1. The molecule has 1 aliphatic rings. The van der Waals surface area contributed by atoms with Crippen LogP contribution in [0.4, 0.5) is 16.2 Å². The molecule has 0 aromatic heterocycles. The first-order chi connectivity index (χ1) is 17.0. The van der Waals surface area contributed by atoms with Crippen LogP contribution in [0.25, 0.3) is 0 Å². The largest absolute Gasteiger partial charge is 0.497 e. The van der Waals surface area contributed by atoms with E-state index in [9.17, 15) is 14.4 Å². The number of methoxy groups -OCH3 is 1. The molecule has 8 nitrogen and oxygen atoms in total. The number of rotatable bonds is 9. The highest BCUT2D eigenvalue weighted by Crippen LogP contribution is 2.29. The van der Waals surface area contributed by atoms with Gasteiger partial charge < -0.3 is 19.7 Å². The number of carbonyl (C=O) groups is 3. The molecule has 3 aromatic rings. The quantitative estimate of drug-likeness (QED) is 0.464. The first-order valence-electron chi connectivity index (χ1n) is 11.4. The van der Waals surface area contributed by atoms with Crippen molar-refractivity contribution in [1.82, 2.24) is 4.90 Å². The second-order valence-corrected chi connectivity index (χ2v) is 8.00. The molecule has 4 amide bonds. The zero-order chi connectivity index (χ0) is 24.8. The van der Waals surface area contributed by atoms with Gasteiger partial charge in [-0.15, -0.1) is 0 Å². The summed E-state index contributed by atoms with van der Waals surface area (Å²) in [5.41, 5.74) is 1.83. The molecule has 0 unspecified atom stereocenters. The minimum absolute atomic E-state index is 0.159. The van der Waals surface area contributed by atoms with E-state index in [1.54, 1.807) is 67.8 Å². The number of nitrogens with one attached hydrogen (secondary N) is 1. The number of benzene rings is 3. The van der Waals surface area contributed by atoms with Crippen LogP contribution < -0.4 is 19.7 Å². The first kappa shape index (κ1) is 23.8. The average molecular weight is 474 g/mol. The molecule has 1 fully saturated rings. The van der Waals surface area contributed by atoms with Gasteiger partial charge in [0.05, 0.1) is 25.8 Å². The van der Waals surface area contributed by atoms with Crippen molar-refractivity contribution in [2.75, 3.05) is 23.9 Å². The minimum atomic E-state index is -0.948. The Kier molecular flexibility index (Phi) is 7.30. The lowest BCUT2D eigenvalue weighted by atomic mass is 10.1. The molecular weight excluding hydrogens is 446 g/mol. The summed E-state index contributed by atoms with van der Waals surface area (Å²) < 4.78 is 10.7. The van der Waals surface area contributed by atoms with Crippen molar-refractivity contribution in [2.24, 2.45) is 0 Å². The van der Waals surface area contributed by atoms with E-state index in [-0.39, 0.29) is 18.9 Å². The topological polar surface area (TPSA) is 88.2 Å². The molecule has 180 valence electrons. The lowest BCUT2D eigenvalue weighted by molar-refractivity contribution is -0.124. The van der Waals surface area contributed by atoms with E-state index in [0.717, 1.165) is 10.5 Å². The number of nitrogens with zero attached hydrogens (tertiary/aromatic N) is 2. The third kappa shape index (κ3) is 5.43. The number of ether oxygens (including phenoxy) is 2. The van der Waals surface area contributed by atoms with Crippen molar-refractivity contribution in [3.05, 3.63) is 84.4 Å². The number of amides is 4. The van der Waals surface area contributed by atoms with Gasteiger partial charge in [-0.3, -0.25) is 9.59 Å². The summed E-state index contributed by atoms with van der Waals surface area (Å²) >= 11 is 0. The summed E-state index contributed by atoms with van der Waals surface area (Å²) in [6.45, 7) is 2.60. The molecule has 3 aromatic carbocycles. The van der Waals surface area contributed by atoms with Gasteiger partial charge in [-0.25, -0.2) is 9.69 Å². The number of para-hydroxylation sites is 1. The van der Waals surface area contributed by atoms with Crippen LogP contribution in [0.15, 0.2) is 78.9 Å². The van der Waals surface area contributed by atoms with Gasteiger partial charge >= 0.3 is 6.03 Å². The van der Waals surface area contributed by atoms with E-state index in [4.69, 9.17) is 9.47 Å². The van der Waals surface area contributed by atoms with E-state index in [1.807, 2.05) is 25.1 Å². The van der Waals surface area contributed by atoms with Crippen molar-refractivity contribution in [3.8, 4) is 11.5 Å². The molecule has 0 radical (unpaired) electrons. The Morgan fingerprint density at radius 1 is 0.943 bits per heavy atom. The van der Waals surface area contributed by atoms with Crippen LogP contribution in [0.2, 0.25) is 0 Å². The molecule has 4 rings (SSSR count). The molecule has 35 heavy (non-hydrogen) atoms. The SMILES string of the molecule is CCOc1ccc(NC(=O)C[C@H]2C(=O)N(c3ccccc3)C(=O)N2Cc2cccc(OC)c2)cc1.